The molecule has 0 aliphatic rings. The summed E-state index contributed by atoms with van der Waals surface area (Å²) >= 11 is 0. The highest BCUT2D eigenvalue weighted by atomic mass is 16.2. The first-order valence-electron chi connectivity index (χ1n) is 4.94. The Morgan fingerprint density at radius 1 is 1.60 bits per heavy atom. The van der Waals surface area contributed by atoms with E-state index >= 15 is 0 Å². The van der Waals surface area contributed by atoms with E-state index in [1.165, 1.54) is 0 Å². The molecule has 0 saturated carbocycles. The Hall–Kier alpha value is -1.36. The molecule has 5 nitrogen and oxygen atoms in total. The van der Waals surface area contributed by atoms with Crippen LogP contribution in [0.3, 0.4) is 0 Å². The van der Waals surface area contributed by atoms with Gasteiger partial charge in [0.2, 0.25) is 5.91 Å². The minimum absolute atomic E-state index is 0.0852. The van der Waals surface area contributed by atoms with Gasteiger partial charge in [-0.1, -0.05) is 0 Å². The molecule has 1 atom stereocenters. The molecule has 0 saturated heterocycles. The Bertz CT molecular complexity index is 345. The quantitative estimate of drug-likeness (QED) is 0.779. The molecular weight excluding hydrogens is 192 g/mol. The minimum atomic E-state index is -0.619. The molecule has 0 aliphatic carbocycles. The number of hydrogen-bond donors (Lipinski definition) is 1. The molecular formula is C10H18N4O. The van der Waals surface area contributed by atoms with E-state index in [-0.39, 0.29) is 11.9 Å². The van der Waals surface area contributed by atoms with Crippen molar-refractivity contribution in [3.8, 4) is 0 Å². The van der Waals surface area contributed by atoms with Crippen molar-refractivity contribution >= 4 is 5.91 Å². The third-order valence-corrected chi connectivity index (χ3v) is 2.47. The molecule has 0 aromatic carbocycles. The van der Waals surface area contributed by atoms with Crippen molar-refractivity contribution in [2.24, 2.45) is 12.8 Å². The molecule has 1 aromatic rings. The first-order chi connectivity index (χ1) is 6.93. The molecule has 1 heterocycles. The normalized spacial score (nSPS) is 12.9. The number of carbonyl (C=O) groups is 1. The number of rotatable bonds is 3. The van der Waals surface area contributed by atoms with Crippen molar-refractivity contribution in [1.29, 1.82) is 0 Å². The maximum atomic E-state index is 11.9. The van der Waals surface area contributed by atoms with E-state index in [1.54, 1.807) is 36.1 Å². The van der Waals surface area contributed by atoms with E-state index in [9.17, 15) is 4.79 Å². The molecule has 0 bridgehead atoms. The second kappa shape index (κ2) is 4.44. The number of aromatic nitrogens is 2. The predicted molar refractivity (Wildman–Crippen MR) is 58.0 cm³/mol. The molecule has 15 heavy (non-hydrogen) atoms. The van der Waals surface area contributed by atoms with E-state index < -0.39 is 6.04 Å². The van der Waals surface area contributed by atoms with Crippen LogP contribution in [0.1, 0.15) is 25.5 Å². The lowest BCUT2D eigenvalue weighted by Gasteiger charge is -2.24. The standard InChI is InChI=1S/C10H18N4O/c1-7(2)14(4)10(15)9(11)8-5-12-13(3)6-8/h5-7,9H,11H2,1-4H3. The van der Waals surface area contributed by atoms with Crippen LogP contribution < -0.4 is 5.73 Å². The third-order valence-electron chi connectivity index (χ3n) is 2.47. The summed E-state index contributed by atoms with van der Waals surface area (Å²) in [4.78, 5) is 13.5. The lowest BCUT2D eigenvalue weighted by molar-refractivity contribution is -0.132. The Morgan fingerprint density at radius 3 is 2.60 bits per heavy atom. The lowest BCUT2D eigenvalue weighted by Crippen LogP contribution is -2.39. The van der Waals surface area contributed by atoms with Gasteiger partial charge in [-0.15, -0.1) is 0 Å². The molecule has 84 valence electrons. The van der Waals surface area contributed by atoms with Crippen molar-refractivity contribution < 1.29 is 4.79 Å². The highest BCUT2D eigenvalue weighted by Gasteiger charge is 2.22. The Morgan fingerprint density at radius 2 is 2.20 bits per heavy atom. The fourth-order valence-electron chi connectivity index (χ4n) is 1.22. The summed E-state index contributed by atoms with van der Waals surface area (Å²) in [5.74, 6) is -0.0852. The number of carbonyl (C=O) groups excluding carboxylic acids is 1. The summed E-state index contributed by atoms with van der Waals surface area (Å²) in [6.07, 6.45) is 3.38. The van der Waals surface area contributed by atoms with Gasteiger partial charge in [0.15, 0.2) is 0 Å². The van der Waals surface area contributed by atoms with Gasteiger partial charge in [-0.25, -0.2) is 0 Å². The highest BCUT2D eigenvalue weighted by Crippen LogP contribution is 2.12. The lowest BCUT2D eigenvalue weighted by atomic mass is 10.1. The van der Waals surface area contributed by atoms with Crippen LogP contribution in [0.15, 0.2) is 12.4 Å². The van der Waals surface area contributed by atoms with Gasteiger partial charge in [-0.2, -0.15) is 5.10 Å². The van der Waals surface area contributed by atoms with Crippen LogP contribution in [-0.2, 0) is 11.8 Å². The molecule has 0 aliphatic heterocycles. The van der Waals surface area contributed by atoms with Gasteiger partial charge in [0, 0.05) is 31.9 Å². The van der Waals surface area contributed by atoms with Crippen LogP contribution in [0.2, 0.25) is 0 Å². The van der Waals surface area contributed by atoms with Gasteiger partial charge in [-0.3, -0.25) is 9.48 Å². The maximum absolute atomic E-state index is 11.9. The summed E-state index contributed by atoms with van der Waals surface area (Å²) in [6, 6.07) is -0.466. The maximum Gasteiger partial charge on any atom is 0.244 e. The predicted octanol–water partition coefficient (Wildman–Crippen LogP) is 0.287. The first kappa shape index (κ1) is 11.7. The molecule has 0 radical (unpaired) electrons. The van der Waals surface area contributed by atoms with Gasteiger partial charge < -0.3 is 10.6 Å². The molecule has 0 fully saturated rings. The van der Waals surface area contributed by atoms with Crippen LogP contribution in [0.4, 0.5) is 0 Å². The monoisotopic (exact) mass is 210 g/mol. The second-order valence-corrected chi connectivity index (χ2v) is 3.97. The minimum Gasteiger partial charge on any atom is -0.342 e. The Labute approximate surface area is 89.9 Å². The van der Waals surface area contributed by atoms with Crippen molar-refractivity contribution in [3.63, 3.8) is 0 Å². The Kier molecular flexibility index (Phi) is 3.47. The number of hydrogen-bond acceptors (Lipinski definition) is 3. The fraction of sp³-hybridized carbons (Fsp3) is 0.600. The second-order valence-electron chi connectivity index (χ2n) is 3.97. The molecule has 1 amide bonds. The van der Waals surface area contributed by atoms with Crippen LogP contribution >= 0.6 is 0 Å². The molecule has 0 spiro atoms. The molecule has 1 aromatic heterocycles. The van der Waals surface area contributed by atoms with Crippen LogP contribution in [0.5, 0.6) is 0 Å². The number of nitrogens with zero attached hydrogens (tertiary/aromatic N) is 3. The first-order valence-corrected chi connectivity index (χ1v) is 4.94. The van der Waals surface area contributed by atoms with Crippen molar-refractivity contribution in [2.75, 3.05) is 7.05 Å². The topological polar surface area (TPSA) is 64.2 Å². The Balaban J connectivity index is 2.77. The molecule has 2 N–H and O–H groups in total. The smallest absolute Gasteiger partial charge is 0.244 e. The number of aryl methyl sites for hydroxylation is 1. The average Bonchev–Trinajstić information content (AvgIpc) is 2.61. The largest absolute Gasteiger partial charge is 0.342 e. The number of nitrogens with two attached hydrogens (primary N) is 1. The van der Waals surface area contributed by atoms with E-state index in [0.29, 0.717) is 0 Å². The van der Waals surface area contributed by atoms with Crippen molar-refractivity contribution in [3.05, 3.63) is 18.0 Å². The van der Waals surface area contributed by atoms with Gasteiger partial charge in [0.1, 0.15) is 6.04 Å². The molecule has 1 rings (SSSR count). The van der Waals surface area contributed by atoms with Crippen molar-refractivity contribution in [1.82, 2.24) is 14.7 Å². The van der Waals surface area contributed by atoms with Gasteiger partial charge >= 0.3 is 0 Å². The van der Waals surface area contributed by atoms with E-state index in [1.807, 2.05) is 13.8 Å². The zero-order valence-corrected chi connectivity index (χ0v) is 9.64. The average molecular weight is 210 g/mol. The van der Waals surface area contributed by atoms with Crippen LogP contribution in [0.25, 0.3) is 0 Å². The summed E-state index contributed by atoms with van der Waals surface area (Å²) in [7, 11) is 3.55. The summed E-state index contributed by atoms with van der Waals surface area (Å²) in [6.45, 7) is 3.90. The summed E-state index contributed by atoms with van der Waals surface area (Å²) in [5, 5.41) is 3.99. The van der Waals surface area contributed by atoms with Crippen LogP contribution in [-0.4, -0.2) is 33.7 Å². The zero-order valence-electron chi connectivity index (χ0n) is 9.64. The zero-order chi connectivity index (χ0) is 11.6. The highest BCUT2D eigenvalue weighted by molar-refractivity contribution is 5.82. The van der Waals surface area contributed by atoms with Gasteiger partial charge in [-0.05, 0) is 13.8 Å². The molecule has 5 heteroatoms. The fourth-order valence-corrected chi connectivity index (χ4v) is 1.22. The van der Waals surface area contributed by atoms with Crippen molar-refractivity contribution in [2.45, 2.75) is 25.9 Å². The molecule has 1 unspecified atom stereocenters. The van der Waals surface area contributed by atoms with E-state index in [0.717, 1.165) is 5.56 Å². The summed E-state index contributed by atoms with van der Waals surface area (Å²) < 4.78 is 1.64. The van der Waals surface area contributed by atoms with E-state index in [2.05, 4.69) is 5.10 Å². The number of likely N-dealkylation sites (N-methyl/N-ethyl adjacent to an activating group) is 1. The summed E-state index contributed by atoms with van der Waals surface area (Å²) in [5.41, 5.74) is 6.59. The third kappa shape index (κ3) is 2.56. The van der Waals surface area contributed by atoms with E-state index in [4.69, 9.17) is 5.73 Å². The van der Waals surface area contributed by atoms with Gasteiger partial charge in [0.25, 0.3) is 0 Å². The van der Waals surface area contributed by atoms with Gasteiger partial charge in [0.05, 0.1) is 6.20 Å². The SMILES string of the molecule is CC(C)N(C)C(=O)C(N)c1cnn(C)c1. The number of amides is 1. The van der Waals surface area contributed by atoms with Crippen LogP contribution in [0, 0.1) is 0 Å².